The average Bonchev–Trinajstić information content (AvgIpc) is 2.43. The Balaban J connectivity index is 2.40. The van der Waals surface area contributed by atoms with Gasteiger partial charge in [0.05, 0.1) is 10.0 Å². The molecule has 0 spiro atoms. The van der Waals surface area contributed by atoms with E-state index in [-0.39, 0.29) is 4.47 Å². The third kappa shape index (κ3) is 2.83. The number of halogens is 3. The maximum absolute atomic E-state index is 13.8. The maximum Gasteiger partial charge on any atom is 0.146 e. The number of hydrogen-bond acceptors (Lipinski definition) is 2. The summed E-state index contributed by atoms with van der Waals surface area (Å²) in [6, 6.07) is 10.4. The Labute approximate surface area is 117 Å². The topological polar surface area (TPSA) is 40.5 Å². The molecular formula is C14H11BrF2O2. The van der Waals surface area contributed by atoms with E-state index in [2.05, 4.69) is 15.9 Å². The van der Waals surface area contributed by atoms with Crippen molar-refractivity contribution in [1.29, 1.82) is 0 Å². The Morgan fingerprint density at radius 2 is 1.53 bits per heavy atom. The van der Waals surface area contributed by atoms with Gasteiger partial charge in [-0.15, -0.1) is 0 Å². The smallest absolute Gasteiger partial charge is 0.146 e. The number of rotatable bonds is 3. The first-order chi connectivity index (χ1) is 9.02. The summed E-state index contributed by atoms with van der Waals surface area (Å²) >= 11 is 2.92. The average molecular weight is 329 g/mol. The molecule has 2 atom stereocenters. The van der Waals surface area contributed by atoms with Crippen molar-refractivity contribution in [2.75, 3.05) is 0 Å². The minimum atomic E-state index is -1.68. The molecule has 2 rings (SSSR count). The molecule has 100 valence electrons. The van der Waals surface area contributed by atoms with Crippen molar-refractivity contribution in [1.82, 2.24) is 0 Å². The van der Waals surface area contributed by atoms with E-state index in [4.69, 9.17) is 0 Å². The van der Waals surface area contributed by atoms with Crippen LogP contribution in [-0.2, 0) is 0 Å². The summed E-state index contributed by atoms with van der Waals surface area (Å²) < 4.78 is 27.5. The summed E-state index contributed by atoms with van der Waals surface area (Å²) in [5.74, 6) is -1.81. The molecule has 2 aromatic carbocycles. The lowest BCUT2D eigenvalue weighted by Crippen LogP contribution is -2.14. The zero-order valence-corrected chi connectivity index (χ0v) is 11.3. The highest BCUT2D eigenvalue weighted by Crippen LogP contribution is 2.34. The van der Waals surface area contributed by atoms with E-state index in [0.29, 0.717) is 5.56 Å². The SMILES string of the molecule is OC(c1ccccc1)C(O)c1c(F)ccc(Br)c1F. The van der Waals surface area contributed by atoms with Crippen LogP contribution in [0.15, 0.2) is 46.9 Å². The molecule has 2 N–H and O–H groups in total. The lowest BCUT2D eigenvalue weighted by Gasteiger charge is -2.20. The minimum absolute atomic E-state index is 0.0308. The van der Waals surface area contributed by atoms with Crippen LogP contribution in [0.2, 0.25) is 0 Å². The highest BCUT2D eigenvalue weighted by atomic mass is 79.9. The van der Waals surface area contributed by atoms with Crippen molar-refractivity contribution in [3.63, 3.8) is 0 Å². The summed E-state index contributed by atoms with van der Waals surface area (Å²) in [6.45, 7) is 0. The van der Waals surface area contributed by atoms with Crippen LogP contribution in [0.25, 0.3) is 0 Å². The summed E-state index contributed by atoms with van der Waals surface area (Å²) in [7, 11) is 0. The van der Waals surface area contributed by atoms with Gasteiger partial charge in [0.15, 0.2) is 0 Å². The summed E-state index contributed by atoms with van der Waals surface area (Å²) in [5, 5.41) is 20.0. The second kappa shape index (κ2) is 5.77. The van der Waals surface area contributed by atoms with Crippen LogP contribution in [0.4, 0.5) is 8.78 Å². The zero-order valence-electron chi connectivity index (χ0n) is 9.72. The van der Waals surface area contributed by atoms with Gasteiger partial charge in [-0.2, -0.15) is 0 Å². The lowest BCUT2D eigenvalue weighted by molar-refractivity contribution is 0.0128. The Kier molecular flexibility index (Phi) is 4.29. The molecule has 0 amide bonds. The standard InChI is InChI=1S/C14H11BrF2O2/c15-9-6-7-10(16)11(12(9)17)14(19)13(18)8-4-2-1-3-5-8/h1-7,13-14,18-19H. The van der Waals surface area contributed by atoms with Crippen molar-refractivity contribution < 1.29 is 19.0 Å². The van der Waals surface area contributed by atoms with Crippen LogP contribution in [0.5, 0.6) is 0 Å². The van der Waals surface area contributed by atoms with Gasteiger partial charge in [0.2, 0.25) is 0 Å². The van der Waals surface area contributed by atoms with Crippen LogP contribution in [-0.4, -0.2) is 10.2 Å². The Bertz CT molecular complexity index is 575. The number of aliphatic hydroxyl groups excluding tert-OH is 2. The van der Waals surface area contributed by atoms with Crippen LogP contribution in [0.1, 0.15) is 23.3 Å². The number of benzene rings is 2. The fraction of sp³-hybridized carbons (Fsp3) is 0.143. The first kappa shape index (κ1) is 14.1. The predicted molar refractivity (Wildman–Crippen MR) is 70.4 cm³/mol. The zero-order chi connectivity index (χ0) is 14.0. The van der Waals surface area contributed by atoms with E-state index in [9.17, 15) is 19.0 Å². The third-order valence-corrected chi connectivity index (χ3v) is 3.43. The van der Waals surface area contributed by atoms with Gasteiger partial charge in [0, 0.05) is 0 Å². The second-order valence-electron chi connectivity index (χ2n) is 4.06. The van der Waals surface area contributed by atoms with E-state index in [0.717, 1.165) is 6.07 Å². The van der Waals surface area contributed by atoms with Gasteiger partial charge in [-0.25, -0.2) is 8.78 Å². The minimum Gasteiger partial charge on any atom is -0.385 e. The molecular weight excluding hydrogens is 318 g/mol. The quantitative estimate of drug-likeness (QED) is 0.847. The van der Waals surface area contributed by atoms with Crippen molar-refractivity contribution in [2.24, 2.45) is 0 Å². The van der Waals surface area contributed by atoms with Gasteiger partial charge in [0.1, 0.15) is 23.8 Å². The third-order valence-electron chi connectivity index (χ3n) is 2.82. The van der Waals surface area contributed by atoms with Gasteiger partial charge >= 0.3 is 0 Å². The Morgan fingerprint density at radius 3 is 2.16 bits per heavy atom. The van der Waals surface area contributed by atoms with Gasteiger partial charge in [-0.3, -0.25) is 0 Å². The fourth-order valence-electron chi connectivity index (χ4n) is 1.80. The van der Waals surface area contributed by atoms with Gasteiger partial charge in [-0.1, -0.05) is 30.3 Å². The Hall–Kier alpha value is -1.30. The molecule has 0 fully saturated rings. The van der Waals surface area contributed by atoms with E-state index in [1.165, 1.54) is 6.07 Å². The molecule has 0 radical (unpaired) electrons. The number of aliphatic hydroxyl groups is 2. The monoisotopic (exact) mass is 328 g/mol. The summed E-state index contributed by atoms with van der Waals surface area (Å²) in [4.78, 5) is 0. The molecule has 2 aromatic rings. The second-order valence-corrected chi connectivity index (χ2v) is 4.91. The van der Waals surface area contributed by atoms with Crippen LogP contribution in [0, 0.1) is 11.6 Å². The van der Waals surface area contributed by atoms with Gasteiger partial charge < -0.3 is 10.2 Å². The molecule has 0 aliphatic carbocycles. The highest BCUT2D eigenvalue weighted by Gasteiger charge is 2.27. The highest BCUT2D eigenvalue weighted by molar-refractivity contribution is 9.10. The van der Waals surface area contributed by atoms with Gasteiger partial charge in [-0.05, 0) is 33.6 Å². The number of hydrogen-bond donors (Lipinski definition) is 2. The molecule has 0 saturated carbocycles. The van der Waals surface area contributed by atoms with Crippen molar-refractivity contribution in [2.45, 2.75) is 12.2 Å². The molecule has 0 heterocycles. The van der Waals surface area contributed by atoms with E-state index in [1.54, 1.807) is 30.3 Å². The summed E-state index contributed by atoms with van der Waals surface area (Å²) in [5.41, 5.74) is -0.167. The molecule has 0 aliphatic rings. The molecule has 0 aromatic heterocycles. The van der Waals surface area contributed by atoms with Gasteiger partial charge in [0.25, 0.3) is 0 Å². The van der Waals surface area contributed by atoms with Crippen molar-refractivity contribution >= 4 is 15.9 Å². The molecule has 19 heavy (non-hydrogen) atoms. The largest absolute Gasteiger partial charge is 0.385 e. The Morgan fingerprint density at radius 1 is 0.895 bits per heavy atom. The van der Waals surface area contributed by atoms with Crippen molar-refractivity contribution in [3.05, 3.63) is 69.7 Å². The first-order valence-electron chi connectivity index (χ1n) is 5.57. The fourth-order valence-corrected chi connectivity index (χ4v) is 2.15. The van der Waals surface area contributed by atoms with E-state index < -0.39 is 29.4 Å². The molecule has 0 aliphatic heterocycles. The molecule has 0 saturated heterocycles. The summed E-state index contributed by atoms with van der Waals surface area (Å²) in [6.07, 6.45) is -3.08. The van der Waals surface area contributed by atoms with Crippen LogP contribution in [0.3, 0.4) is 0 Å². The van der Waals surface area contributed by atoms with E-state index in [1.807, 2.05) is 0 Å². The van der Waals surface area contributed by atoms with Crippen molar-refractivity contribution in [3.8, 4) is 0 Å². The van der Waals surface area contributed by atoms with Crippen LogP contribution < -0.4 is 0 Å². The molecule has 2 nitrogen and oxygen atoms in total. The van der Waals surface area contributed by atoms with E-state index >= 15 is 0 Å². The normalized spacial score (nSPS) is 14.2. The van der Waals surface area contributed by atoms with Crippen LogP contribution >= 0.6 is 15.9 Å². The first-order valence-corrected chi connectivity index (χ1v) is 6.36. The lowest BCUT2D eigenvalue weighted by atomic mass is 9.97. The molecule has 0 bridgehead atoms. The molecule has 2 unspecified atom stereocenters. The molecule has 5 heteroatoms. The maximum atomic E-state index is 13.8. The predicted octanol–water partition coefficient (Wildman–Crippen LogP) is 3.49.